The third-order valence-electron chi connectivity index (χ3n) is 4.43. The molecule has 4 nitrogen and oxygen atoms in total. The maximum atomic E-state index is 12.9. The summed E-state index contributed by atoms with van der Waals surface area (Å²) in [4.78, 5) is 14.9. The maximum Gasteiger partial charge on any atom is 0.289 e. The van der Waals surface area contributed by atoms with Crippen LogP contribution in [0.4, 0.5) is 0 Å². The van der Waals surface area contributed by atoms with Crippen LogP contribution in [0.2, 0.25) is 0 Å². The van der Waals surface area contributed by atoms with Crippen molar-refractivity contribution in [2.24, 2.45) is 5.92 Å². The van der Waals surface area contributed by atoms with Crippen LogP contribution in [0.25, 0.3) is 11.0 Å². The maximum absolute atomic E-state index is 12.9. The number of carbonyl (C=O) groups is 1. The molecule has 1 atom stereocenters. The normalized spacial score (nSPS) is 21.4. The second-order valence-electron chi connectivity index (χ2n) is 6.19. The lowest BCUT2D eigenvalue weighted by Gasteiger charge is -2.24. The van der Waals surface area contributed by atoms with Gasteiger partial charge in [0.15, 0.2) is 5.76 Å². The molecule has 1 aliphatic carbocycles. The third-order valence-corrected chi connectivity index (χ3v) is 5.06. The Morgan fingerprint density at radius 2 is 2.18 bits per heavy atom. The first kappa shape index (κ1) is 14.3. The topological polar surface area (TPSA) is 42.7 Å². The minimum absolute atomic E-state index is 0.0116. The molecule has 116 valence electrons. The number of carbonyl (C=O) groups excluding carboxylic acids is 1. The molecule has 1 amide bonds. The smallest absolute Gasteiger partial charge is 0.289 e. The van der Waals surface area contributed by atoms with E-state index in [0.717, 1.165) is 54.5 Å². The van der Waals surface area contributed by atoms with Gasteiger partial charge in [0.1, 0.15) is 5.58 Å². The molecule has 2 aromatic rings. The summed E-state index contributed by atoms with van der Waals surface area (Å²) in [7, 11) is 0. The van der Waals surface area contributed by atoms with E-state index in [2.05, 4.69) is 15.9 Å². The molecule has 2 fully saturated rings. The summed E-state index contributed by atoms with van der Waals surface area (Å²) in [6, 6.07) is 8.07. The number of ether oxygens (including phenoxy) is 1. The van der Waals surface area contributed by atoms with Crippen LogP contribution in [-0.4, -0.2) is 36.6 Å². The molecule has 22 heavy (non-hydrogen) atoms. The Morgan fingerprint density at radius 3 is 2.86 bits per heavy atom. The zero-order chi connectivity index (χ0) is 15.1. The van der Waals surface area contributed by atoms with Crippen LogP contribution in [0.3, 0.4) is 0 Å². The second kappa shape index (κ2) is 5.70. The van der Waals surface area contributed by atoms with Gasteiger partial charge in [0.2, 0.25) is 0 Å². The van der Waals surface area contributed by atoms with Crippen molar-refractivity contribution >= 4 is 32.8 Å². The second-order valence-corrected chi connectivity index (χ2v) is 7.04. The van der Waals surface area contributed by atoms with Crippen molar-refractivity contribution < 1.29 is 13.9 Å². The fourth-order valence-electron chi connectivity index (χ4n) is 3.06. The van der Waals surface area contributed by atoms with Crippen LogP contribution in [0.15, 0.2) is 33.2 Å². The first-order chi connectivity index (χ1) is 10.7. The van der Waals surface area contributed by atoms with Crippen LogP contribution < -0.4 is 0 Å². The summed E-state index contributed by atoms with van der Waals surface area (Å²) >= 11 is 3.47. The molecular formula is C17H18BrNO3. The van der Waals surface area contributed by atoms with Gasteiger partial charge >= 0.3 is 0 Å². The number of halogens is 1. The number of amides is 1. The van der Waals surface area contributed by atoms with Gasteiger partial charge in [-0.15, -0.1) is 0 Å². The van der Waals surface area contributed by atoms with Crippen molar-refractivity contribution in [2.75, 3.05) is 19.8 Å². The van der Waals surface area contributed by atoms with Gasteiger partial charge in [0, 0.05) is 30.5 Å². The predicted octanol–water partition coefficient (Wildman–Crippen LogP) is 3.84. The molecule has 1 aliphatic heterocycles. The standard InChI is InChI=1S/C17H18BrNO3/c18-14-3-1-2-12-8-15(22-16(12)14)17(20)19(13-4-5-13)9-11-6-7-21-10-11/h1-3,8,11,13H,4-7,9-10H2. The van der Waals surface area contributed by atoms with Gasteiger partial charge in [-0.25, -0.2) is 0 Å². The quantitative estimate of drug-likeness (QED) is 0.828. The zero-order valence-corrected chi connectivity index (χ0v) is 13.8. The molecule has 1 saturated carbocycles. The highest BCUT2D eigenvalue weighted by Gasteiger charge is 2.36. The number of benzene rings is 1. The van der Waals surface area contributed by atoms with Crippen LogP contribution in [0.5, 0.6) is 0 Å². The molecule has 0 spiro atoms. The lowest BCUT2D eigenvalue weighted by molar-refractivity contribution is 0.0676. The van der Waals surface area contributed by atoms with E-state index >= 15 is 0 Å². The molecule has 2 heterocycles. The average molecular weight is 364 g/mol. The zero-order valence-electron chi connectivity index (χ0n) is 12.3. The highest BCUT2D eigenvalue weighted by Crippen LogP contribution is 2.32. The van der Waals surface area contributed by atoms with Crippen LogP contribution in [0.1, 0.15) is 29.8 Å². The lowest BCUT2D eigenvalue weighted by atomic mass is 10.1. The monoisotopic (exact) mass is 363 g/mol. The number of hydrogen-bond acceptors (Lipinski definition) is 3. The summed E-state index contributed by atoms with van der Waals surface area (Å²) in [5, 5.41) is 0.956. The molecule has 1 saturated heterocycles. The van der Waals surface area contributed by atoms with E-state index in [9.17, 15) is 4.79 Å². The Morgan fingerprint density at radius 1 is 1.32 bits per heavy atom. The largest absolute Gasteiger partial charge is 0.450 e. The van der Waals surface area contributed by atoms with E-state index in [4.69, 9.17) is 9.15 Å². The van der Waals surface area contributed by atoms with E-state index in [1.807, 2.05) is 29.2 Å². The summed E-state index contributed by atoms with van der Waals surface area (Å²) < 4.78 is 12.1. The van der Waals surface area contributed by atoms with Crippen LogP contribution >= 0.6 is 15.9 Å². The van der Waals surface area contributed by atoms with Crippen LogP contribution in [-0.2, 0) is 4.74 Å². The molecule has 0 radical (unpaired) electrons. The Bertz CT molecular complexity index is 701. The number of para-hydroxylation sites is 1. The van der Waals surface area contributed by atoms with E-state index < -0.39 is 0 Å². The van der Waals surface area contributed by atoms with Gasteiger partial charge in [0.25, 0.3) is 5.91 Å². The van der Waals surface area contributed by atoms with Crippen molar-refractivity contribution in [2.45, 2.75) is 25.3 Å². The Balaban J connectivity index is 1.60. The van der Waals surface area contributed by atoms with Crippen molar-refractivity contribution in [3.8, 4) is 0 Å². The SMILES string of the molecule is O=C(c1cc2cccc(Br)c2o1)N(CC1CCOC1)C1CC1. The number of furan rings is 1. The molecule has 1 aromatic carbocycles. The molecule has 1 aromatic heterocycles. The van der Waals surface area contributed by atoms with Crippen molar-refractivity contribution in [1.82, 2.24) is 4.90 Å². The summed E-state index contributed by atoms with van der Waals surface area (Å²) in [6.07, 6.45) is 3.24. The fourth-order valence-corrected chi connectivity index (χ4v) is 3.53. The van der Waals surface area contributed by atoms with Crippen molar-refractivity contribution in [1.29, 1.82) is 0 Å². The Labute approximate surface area is 137 Å². The number of hydrogen-bond donors (Lipinski definition) is 0. The van der Waals surface area contributed by atoms with Gasteiger partial charge in [-0.2, -0.15) is 0 Å². The minimum atomic E-state index is 0.0116. The van der Waals surface area contributed by atoms with E-state index in [-0.39, 0.29) is 5.91 Å². The predicted molar refractivity (Wildman–Crippen MR) is 86.9 cm³/mol. The van der Waals surface area contributed by atoms with Gasteiger partial charge in [-0.05, 0) is 47.3 Å². The highest BCUT2D eigenvalue weighted by molar-refractivity contribution is 9.10. The van der Waals surface area contributed by atoms with Crippen molar-refractivity contribution in [3.05, 3.63) is 34.5 Å². The van der Waals surface area contributed by atoms with E-state index in [1.165, 1.54) is 0 Å². The molecule has 2 aliphatic rings. The number of nitrogens with zero attached hydrogens (tertiary/aromatic N) is 1. The molecule has 0 bridgehead atoms. The van der Waals surface area contributed by atoms with Gasteiger partial charge < -0.3 is 14.1 Å². The first-order valence-electron chi connectivity index (χ1n) is 7.79. The Kier molecular flexibility index (Phi) is 3.70. The highest BCUT2D eigenvalue weighted by atomic mass is 79.9. The van der Waals surface area contributed by atoms with Crippen LogP contribution in [0, 0.1) is 5.92 Å². The minimum Gasteiger partial charge on any atom is -0.450 e. The molecule has 4 rings (SSSR count). The Hall–Kier alpha value is -1.33. The summed E-state index contributed by atoms with van der Waals surface area (Å²) in [5.74, 6) is 0.908. The lowest BCUT2D eigenvalue weighted by Crippen LogP contribution is -2.37. The van der Waals surface area contributed by atoms with Gasteiger partial charge in [-0.3, -0.25) is 4.79 Å². The summed E-state index contributed by atoms with van der Waals surface area (Å²) in [6.45, 7) is 2.36. The van der Waals surface area contributed by atoms with Crippen molar-refractivity contribution in [3.63, 3.8) is 0 Å². The number of fused-ring (bicyclic) bond motifs is 1. The third kappa shape index (κ3) is 2.68. The molecule has 5 heteroatoms. The van der Waals surface area contributed by atoms with E-state index in [1.54, 1.807) is 0 Å². The van der Waals surface area contributed by atoms with Gasteiger partial charge in [-0.1, -0.05) is 12.1 Å². The molecular weight excluding hydrogens is 346 g/mol. The molecule has 1 unspecified atom stereocenters. The molecule has 0 N–H and O–H groups in total. The van der Waals surface area contributed by atoms with Gasteiger partial charge in [0.05, 0.1) is 11.1 Å². The number of rotatable bonds is 4. The van der Waals surface area contributed by atoms with E-state index in [0.29, 0.717) is 17.7 Å². The first-order valence-corrected chi connectivity index (χ1v) is 8.58. The average Bonchev–Trinajstić information content (AvgIpc) is 3.05. The summed E-state index contributed by atoms with van der Waals surface area (Å²) in [5.41, 5.74) is 0.741. The fraction of sp³-hybridized carbons (Fsp3) is 0.471.